The molecule has 1 aromatic heterocycles. The smallest absolute Gasteiger partial charge is 0.253 e. The van der Waals surface area contributed by atoms with Crippen molar-refractivity contribution in [1.29, 1.82) is 0 Å². The van der Waals surface area contributed by atoms with Crippen molar-refractivity contribution >= 4 is 15.9 Å². The predicted molar refractivity (Wildman–Crippen MR) is 121 cm³/mol. The molecule has 3 aromatic rings. The Bertz CT molecular complexity index is 1160. The van der Waals surface area contributed by atoms with Gasteiger partial charge in [0.2, 0.25) is 10.0 Å². The standard InChI is InChI=1S/C24H27N3O3S/c1-18-5-10-23(19(2)17-18)31(29,30)25-21-11-15-27(16-12-21)24(28)20-6-8-22(9-7-20)26-13-3-4-14-26/h3-10,13-14,17,21,25H,11-12,15-16H2,1-2H3. The number of piperidine rings is 1. The van der Waals surface area contributed by atoms with Gasteiger partial charge in [-0.25, -0.2) is 13.1 Å². The molecule has 7 heteroatoms. The Hall–Kier alpha value is -2.90. The average Bonchev–Trinajstić information content (AvgIpc) is 3.28. The molecule has 0 saturated carbocycles. The fourth-order valence-corrected chi connectivity index (χ4v) is 5.58. The Morgan fingerprint density at radius 1 is 0.968 bits per heavy atom. The summed E-state index contributed by atoms with van der Waals surface area (Å²) in [5.41, 5.74) is 3.42. The molecule has 162 valence electrons. The number of nitrogens with zero attached hydrogens (tertiary/aromatic N) is 2. The molecule has 0 atom stereocenters. The lowest BCUT2D eigenvalue weighted by atomic mass is 10.0. The molecule has 0 aliphatic carbocycles. The van der Waals surface area contributed by atoms with E-state index in [0.29, 0.717) is 36.4 Å². The quantitative estimate of drug-likeness (QED) is 0.662. The van der Waals surface area contributed by atoms with Crippen LogP contribution in [0.1, 0.15) is 34.3 Å². The van der Waals surface area contributed by atoms with Gasteiger partial charge in [-0.3, -0.25) is 4.79 Å². The van der Waals surface area contributed by atoms with Crippen LogP contribution in [0.3, 0.4) is 0 Å². The minimum absolute atomic E-state index is 0.0188. The van der Waals surface area contributed by atoms with Gasteiger partial charge in [-0.2, -0.15) is 0 Å². The summed E-state index contributed by atoms with van der Waals surface area (Å²) in [6.45, 7) is 4.80. The van der Waals surface area contributed by atoms with Crippen LogP contribution < -0.4 is 4.72 Å². The van der Waals surface area contributed by atoms with Gasteiger partial charge in [-0.1, -0.05) is 17.7 Å². The van der Waals surface area contributed by atoms with Crippen molar-refractivity contribution < 1.29 is 13.2 Å². The SMILES string of the molecule is Cc1ccc(S(=O)(=O)NC2CCN(C(=O)c3ccc(-n4cccc4)cc3)CC2)c(C)c1. The van der Waals surface area contributed by atoms with Crippen molar-refractivity contribution in [2.24, 2.45) is 0 Å². The second-order valence-electron chi connectivity index (χ2n) is 8.09. The largest absolute Gasteiger partial charge is 0.339 e. The molecular weight excluding hydrogens is 410 g/mol. The van der Waals surface area contributed by atoms with Gasteiger partial charge in [0, 0.05) is 42.8 Å². The monoisotopic (exact) mass is 437 g/mol. The first-order valence-corrected chi connectivity index (χ1v) is 11.9. The predicted octanol–water partition coefficient (Wildman–Crippen LogP) is 3.68. The lowest BCUT2D eigenvalue weighted by molar-refractivity contribution is 0.0711. The van der Waals surface area contributed by atoms with Crippen LogP contribution >= 0.6 is 0 Å². The van der Waals surface area contributed by atoms with Gasteiger partial charge in [-0.15, -0.1) is 0 Å². The van der Waals surface area contributed by atoms with Gasteiger partial charge in [0.25, 0.3) is 5.91 Å². The zero-order chi connectivity index (χ0) is 22.0. The molecule has 0 radical (unpaired) electrons. The summed E-state index contributed by atoms with van der Waals surface area (Å²) in [5.74, 6) is -0.0188. The first kappa shape index (κ1) is 21.3. The highest BCUT2D eigenvalue weighted by Crippen LogP contribution is 2.20. The third-order valence-corrected chi connectivity index (χ3v) is 7.42. The van der Waals surface area contributed by atoms with Crippen molar-refractivity contribution in [2.45, 2.75) is 37.6 Å². The summed E-state index contributed by atoms with van der Waals surface area (Å²) < 4.78 is 30.4. The highest BCUT2D eigenvalue weighted by molar-refractivity contribution is 7.89. The highest BCUT2D eigenvalue weighted by atomic mass is 32.2. The number of likely N-dealkylation sites (tertiary alicyclic amines) is 1. The van der Waals surface area contributed by atoms with Crippen LogP contribution in [-0.4, -0.2) is 42.9 Å². The van der Waals surface area contributed by atoms with E-state index in [4.69, 9.17) is 0 Å². The minimum atomic E-state index is -3.58. The van der Waals surface area contributed by atoms with Crippen molar-refractivity contribution in [3.63, 3.8) is 0 Å². The van der Waals surface area contributed by atoms with E-state index in [1.54, 1.807) is 11.0 Å². The maximum absolute atomic E-state index is 12.9. The van der Waals surface area contributed by atoms with Crippen LogP contribution in [0, 0.1) is 13.8 Å². The Kier molecular flexibility index (Phi) is 5.98. The summed E-state index contributed by atoms with van der Waals surface area (Å²) in [6, 6.07) is 16.6. The molecule has 0 spiro atoms. The van der Waals surface area contributed by atoms with Crippen LogP contribution in [0.4, 0.5) is 0 Å². The van der Waals surface area contributed by atoms with Crippen molar-refractivity contribution in [2.75, 3.05) is 13.1 Å². The first-order valence-electron chi connectivity index (χ1n) is 10.5. The summed E-state index contributed by atoms with van der Waals surface area (Å²) in [4.78, 5) is 15.0. The van der Waals surface area contributed by atoms with Crippen molar-refractivity contribution in [1.82, 2.24) is 14.2 Å². The normalized spacial score (nSPS) is 15.2. The molecule has 1 amide bonds. The number of aryl methyl sites for hydroxylation is 2. The highest BCUT2D eigenvalue weighted by Gasteiger charge is 2.27. The summed E-state index contributed by atoms with van der Waals surface area (Å²) >= 11 is 0. The minimum Gasteiger partial charge on any atom is -0.339 e. The van der Waals surface area contributed by atoms with Crippen LogP contribution in [-0.2, 0) is 10.0 Å². The number of amides is 1. The van der Waals surface area contributed by atoms with Gasteiger partial charge in [-0.05, 0) is 74.7 Å². The van der Waals surface area contributed by atoms with E-state index in [1.807, 2.05) is 79.3 Å². The van der Waals surface area contributed by atoms with E-state index >= 15 is 0 Å². The molecule has 6 nitrogen and oxygen atoms in total. The van der Waals surface area contributed by atoms with Gasteiger partial charge < -0.3 is 9.47 Å². The van der Waals surface area contributed by atoms with Gasteiger partial charge >= 0.3 is 0 Å². The molecule has 1 aliphatic rings. The molecule has 1 N–H and O–H groups in total. The number of rotatable bonds is 5. The topological polar surface area (TPSA) is 71.4 Å². The van der Waals surface area contributed by atoms with Crippen LogP contribution in [0.25, 0.3) is 5.69 Å². The molecule has 0 bridgehead atoms. The third kappa shape index (κ3) is 4.73. The van der Waals surface area contributed by atoms with E-state index in [1.165, 1.54) is 0 Å². The maximum Gasteiger partial charge on any atom is 0.253 e. The maximum atomic E-state index is 12.9. The Morgan fingerprint density at radius 2 is 1.61 bits per heavy atom. The molecule has 31 heavy (non-hydrogen) atoms. The fourth-order valence-electron chi connectivity index (χ4n) is 4.05. The molecule has 2 heterocycles. The summed E-state index contributed by atoms with van der Waals surface area (Å²) in [7, 11) is -3.58. The first-order chi connectivity index (χ1) is 14.8. The number of hydrogen-bond acceptors (Lipinski definition) is 3. The van der Waals surface area contributed by atoms with Gasteiger partial charge in [0.05, 0.1) is 4.90 Å². The number of carbonyl (C=O) groups excluding carboxylic acids is 1. The van der Waals surface area contributed by atoms with Crippen LogP contribution in [0.2, 0.25) is 0 Å². The molecular formula is C24H27N3O3S. The van der Waals surface area contributed by atoms with E-state index in [0.717, 1.165) is 16.8 Å². The number of benzene rings is 2. The van der Waals surface area contributed by atoms with E-state index < -0.39 is 10.0 Å². The zero-order valence-electron chi connectivity index (χ0n) is 17.8. The number of nitrogens with one attached hydrogen (secondary N) is 1. The van der Waals surface area contributed by atoms with Crippen molar-refractivity contribution in [3.05, 3.63) is 83.7 Å². The van der Waals surface area contributed by atoms with Crippen LogP contribution in [0.15, 0.2) is 71.9 Å². The molecule has 4 rings (SSSR count). The Balaban J connectivity index is 1.36. The summed E-state index contributed by atoms with van der Waals surface area (Å²) in [5, 5.41) is 0. The van der Waals surface area contributed by atoms with Crippen LogP contribution in [0.5, 0.6) is 0 Å². The van der Waals surface area contributed by atoms with Gasteiger partial charge in [0.1, 0.15) is 0 Å². The molecule has 1 saturated heterocycles. The number of sulfonamides is 1. The van der Waals surface area contributed by atoms with E-state index in [2.05, 4.69) is 4.72 Å². The second kappa shape index (κ2) is 8.69. The van der Waals surface area contributed by atoms with Crippen molar-refractivity contribution in [3.8, 4) is 5.69 Å². The second-order valence-corrected chi connectivity index (χ2v) is 9.78. The molecule has 0 unspecified atom stereocenters. The lowest BCUT2D eigenvalue weighted by Gasteiger charge is -2.32. The molecule has 1 aliphatic heterocycles. The number of hydrogen-bond donors (Lipinski definition) is 1. The Labute approximate surface area is 183 Å². The van der Waals surface area contributed by atoms with E-state index in [9.17, 15) is 13.2 Å². The van der Waals surface area contributed by atoms with E-state index in [-0.39, 0.29) is 11.9 Å². The Morgan fingerprint density at radius 3 is 2.23 bits per heavy atom. The number of aromatic nitrogens is 1. The summed E-state index contributed by atoms with van der Waals surface area (Å²) in [6.07, 6.45) is 5.11. The third-order valence-electron chi connectivity index (χ3n) is 5.74. The number of carbonyl (C=O) groups is 1. The zero-order valence-corrected chi connectivity index (χ0v) is 18.6. The lowest BCUT2D eigenvalue weighted by Crippen LogP contribution is -2.46. The molecule has 2 aromatic carbocycles. The fraction of sp³-hybridized carbons (Fsp3) is 0.292. The molecule has 1 fully saturated rings. The average molecular weight is 438 g/mol. The van der Waals surface area contributed by atoms with Gasteiger partial charge in [0.15, 0.2) is 0 Å².